The van der Waals surface area contributed by atoms with Crippen LogP contribution in [-0.4, -0.2) is 43.3 Å². The summed E-state index contributed by atoms with van der Waals surface area (Å²) in [6, 6.07) is 0. The summed E-state index contributed by atoms with van der Waals surface area (Å²) in [4.78, 5) is 21.9. The van der Waals surface area contributed by atoms with Crippen molar-refractivity contribution in [3.05, 3.63) is 0 Å². The van der Waals surface area contributed by atoms with Crippen molar-refractivity contribution in [1.29, 1.82) is 0 Å². The number of carboxylic acid groups (broad SMARTS) is 1. The van der Waals surface area contributed by atoms with Gasteiger partial charge in [0.1, 0.15) is 6.61 Å². The van der Waals surface area contributed by atoms with Gasteiger partial charge in [0.05, 0.1) is 6.61 Å². The lowest BCUT2D eigenvalue weighted by atomic mass is 9.88. The fourth-order valence-electron chi connectivity index (χ4n) is 1.82. The zero-order chi connectivity index (χ0) is 14.7. The van der Waals surface area contributed by atoms with E-state index in [1.54, 1.807) is 0 Å². The lowest BCUT2D eigenvalue weighted by Crippen LogP contribution is -2.31. The van der Waals surface area contributed by atoms with E-state index in [2.05, 4.69) is 19.2 Å². The molecule has 0 spiro atoms. The van der Waals surface area contributed by atoms with Crippen molar-refractivity contribution in [2.45, 2.75) is 33.1 Å². The lowest BCUT2D eigenvalue weighted by Gasteiger charge is -2.20. The highest BCUT2D eigenvalue weighted by Crippen LogP contribution is 2.20. The Hall–Kier alpha value is -1.14. The van der Waals surface area contributed by atoms with Crippen LogP contribution in [0.1, 0.15) is 33.1 Å². The Kier molecular flexibility index (Phi) is 10.1. The van der Waals surface area contributed by atoms with Crippen LogP contribution in [0.25, 0.3) is 0 Å². The largest absolute Gasteiger partial charge is 0.481 e. The lowest BCUT2D eigenvalue weighted by molar-refractivity contribution is -0.137. The van der Waals surface area contributed by atoms with Crippen LogP contribution in [0.15, 0.2) is 0 Å². The molecule has 0 fully saturated rings. The van der Waals surface area contributed by atoms with Crippen LogP contribution < -0.4 is 11.1 Å². The van der Waals surface area contributed by atoms with Gasteiger partial charge in [0.15, 0.2) is 0 Å². The van der Waals surface area contributed by atoms with Crippen LogP contribution in [0.2, 0.25) is 0 Å². The number of carbonyl (C=O) groups is 2. The van der Waals surface area contributed by atoms with E-state index < -0.39 is 5.97 Å². The molecule has 6 heteroatoms. The molecule has 0 aliphatic carbocycles. The van der Waals surface area contributed by atoms with Gasteiger partial charge in [-0.15, -0.1) is 0 Å². The molecule has 0 rings (SSSR count). The van der Waals surface area contributed by atoms with Gasteiger partial charge in [-0.1, -0.05) is 13.8 Å². The van der Waals surface area contributed by atoms with E-state index in [0.29, 0.717) is 38.0 Å². The summed E-state index contributed by atoms with van der Waals surface area (Å²) in [5, 5.41) is 11.4. The summed E-state index contributed by atoms with van der Waals surface area (Å²) < 4.78 is 5.01. The summed E-state index contributed by atoms with van der Waals surface area (Å²) in [6.45, 7) is 5.49. The third kappa shape index (κ3) is 10.5. The smallest absolute Gasteiger partial charge is 0.303 e. The highest BCUT2D eigenvalue weighted by Gasteiger charge is 2.15. The number of nitrogens with two attached hydrogens (primary N) is 1. The van der Waals surface area contributed by atoms with Gasteiger partial charge in [0.2, 0.25) is 5.91 Å². The Labute approximate surface area is 114 Å². The van der Waals surface area contributed by atoms with E-state index in [9.17, 15) is 9.59 Å². The number of carbonyl (C=O) groups excluding carboxylic acids is 1. The normalized spacial score (nSPS) is 12.4. The number of hydrogen-bond acceptors (Lipinski definition) is 4. The SMILES string of the molecule is CC(C)C(CCNC(=O)COCCN)CCC(=O)O. The topological polar surface area (TPSA) is 102 Å². The first-order valence-electron chi connectivity index (χ1n) is 6.73. The molecule has 112 valence electrons. The first kappa shape index (κ1) is 17.9. The maximum atomic E-state index is 11.4. The summed E-state index contributed by atoms with van der Waals surface area (Å²) in [6.07, 6.45) is 1.61. The predicted octanol–water partition coefficient (Wildman–Crippen LogP) is 0.605. The number of amides is 1. The molecule has 0 aliphatic heterocycles. The second-order valence-corrected chi connectivity index (χ2v) is 4.92. The molecule has 6 nitrogen and oxygen atoms in total. The first-order valence-corrected chi connectivity index (χ1v) is 6.73. The van der Waals surface area contributed by atoms with Crippen LogP contribution in [0.5, 0.6) is 0 Å². The first-order chi connectivity index (χ1) is 8.97. The summed E-state index contributed by atoms with van der Waals surface area (Å²) in [5.41, 5.74) is 5.24. The number of rotatable bonds is 11. The van der Waals surface area contributed by atoms with Gasteiger partial charge in [0, 0.05) is 19.5 Å². The molecule has 0 saturated heterocycles. The third-order valence-corrected chi connectivity index (χ3v) is 3.00. The number of hydrogen-bond donors (Lipinski definition) is 3. The van der Waals surface area contributed by atoms with Crippen LogP contribution >= 0.6 is 0 Å². The number of nitrogens with one attached hydrogen (secondary N) is 1. The average Bonchev–Trinajstić information content (AvgIpc) is 2.33. The minimum Gasteiger partial charge on any atom is -0.481 e. The second-order valence-electron chi connectivity index (χ2n) is 4.92. The average molecular weight is 274 g/mol. The van der Waals surface area contributed by atoms with Gasteiger partial charge in [-0.25, -0.2) is 0 Å². The maximum Gasteiger partial charge on any atom is 0.303 e. The molecule has 0 saturated carbocycles. The minimum absolute atomic E-state index is 0.0265. The predicted molar refractivity (Wildman–Crippen MR) is 72.7 cm³/mol. The van der Waals surface area contributed by atoms with Crippen LogP contribution in [-0.2, 0) is 14.3 Å². The highest BCUT2D eigenvalue weighted by molar-refractivity contribution is 5.77. The summed E-state index contributed by atoms with van der Waals surface area (Å²) in [5.74, 6) is -0.217. The molecule has 4 N–H and O–H groups in total. The second kappa shape index (κ2) is 10.8. The van der Waals surface area contributed by atoms with Crippen molar-refractivity contribution in [2.24, 2.45) is 17.6 Å². The molecule has 0 heterocycles. The monoisotopic (exact) mass is 274 g/mol. The molecule has 0 aromatic rings. The van der Waals surface area contributed by atoms with Crippen molar-refractivity contribution < 1.29 is 19.4 Å². The Morgan fingerprint density at radius 3 is 2.53 bits per heavy atom. The summed E-state index contributed by atoms with van der Waals surface area (Å²) in [7, 11) is 0. The third-order valence-electron chi connectivity index (χ3n) is 3.00. The van der Waals surface area contributed by atoms with Gasteiger partial charge in [0.25, 0.3) is 0 Å². The van der Waals surface area contributed by atoms with Crippen LogP contribution in [0.3, 0.4) is 0 Å². The fourth-order valence-corrected chi connectivity index (χ4v) is 1.82. The van der Waals surface area contributed by atoms with Gasteiger partial charge >= 0.3 is 5.97 Å². The van der Waals surface area contributed by atoms with Gasteiger partial charge in [-0.2, -0.15) is 0 Å². The quantitative estimate of drug-likeness (QED) is 0.479. The molecule has 1 atom stereocenters. The van der Waals surface area contributed by atoms with E-state index in [4.69, 9.17) is 15.6 Å². The molecule has 0 bridgehead atoms. The summed E-state index contributed by atoms with van der Waals surface area (Å²) >= 11 is 0. The number of aliphatic carboxylic acids is 1. The molecular formula is C13H26N2O4. The standard InChI is InChI=1S/C13H26N2O4/c1-10(2)11(3-4-13(17)18)5-7-15-12(16)9-19-8-6-14/h10-11H,3-9,14H2,1-2H3,(H,15,16)(H,17,18). The maximum absolute atomic E-state index is 11.4. The highest BCUT2D eigenvalue weighted by atomic mass is 16.5. The fraction of sp³-hybridized carbons (Fsp3) is 0.846. The molecule has 1 amide bonds. The van der Waals surface area contributed by atoms with Crippen molar-refractivity contribution in [2.75, 3.05) is 26.3 Å². The Morgan fingerprint density at radius 2 is 2.00 bits per heavy atom. The minimum atomic E-state index is -0.773. The molecule has 0 aromatic carbocycles. The molecular weight excluding hydrogens is 248 g/mol. The van der Waals surface area contributed by atoms with Gasteiger partial charge in [-0.3, -0.25) is 9.59 Å². The van der Waals surface area contributed by atoms with E-state index in [-0.39, 0.29) is 18.9 Å². The zero-order valence-corrected chi connectivity index (χ0v) is 11.9. The molecule has 0 aliphatic rings. The van der Waals surface area contributed by atoms with Crippen LogP contribution in [0.4, 0.5) is 0 Å². The van der Waals surface area contributed by atoms with E-state index >= 15 is 0 Å². The van der Waals surface area contributed by atoms with Gasteiger partial charge < -0.3 is 20.9 Å². The van der Waals surface area contributed by atoms with E-state index in [1.807, 2.05) is 0 Å². The van der Waals surface area contributed by atoms with Crippen molar-refractivity contribution in [1.82, 2.24) is 5.32 Å². The van der Waals surface area contributed by atoms with Crippen LogP contribution in [0, 0.1) is 11.8 Å². The van der Waals surface area contributed by atoms with Crippen molar-refractivity contribution >= 4 is 11.9 Å². The van der Waals surface area contributed by atoms with Gasteiger partial charge in [-0.05, 0) is 24.7 Å². The Balaban J connectivity index is 3.79. The molecule has 19 heavy (non-hydrogen) atoms. The Bertz CT molecular complexity index is 269. The zero-order valence-electron chi connectivity index (χ0n) is 11.9. The van der Waals surface area contributed by atoms with Crippen molar-refractivity contribution in [3.8, 4) is 0 Å². The molecule has 0 radical (unpaired) electrons. The molecule has 1 unspecified atom stereocenters. The van der Waals surface area contributed by atoms with E-state index in [1.165, 1.54) is 0 Å². The molecule has 0 aromatic heterocycles. The number of ether oxygens (including phenoxy) is 1. The number of carboxylic acids is 1. The van der Waals surface area contributed by atoms with E-state index in [0.717, 1.165) is 6.42 Å². The Morgan fingerprint density at radius 1 is 1.32 bits per heavy atom. The van der Waals surface area contributed by atoms with Crippen molar-refractivity contribution in [3.63, 3.8) is 0 Å².